The number of hydrogen-bond acceptors (Lipinski definition) is 1. The molecule has 4 heteroatoms. The van der Waals surface area contributed by atoms with E-state index >= 15 is 0 Å². The highest BCUT2D eigenvalue weighted by Gasteiger charge is 2.18. The van der Waals surface area contributed by atoms with E-state index in [9.17, 15) is 4.39 Å². The van der Waals surface area contributed by atoms with Crippen molar-refractivity contribution in [3.63, 3.8) is 0 Å². The Balaban J connectivity index is 1.91. The smallest absolute Gasteiger partial charge is 0.142 e. The van der Waals surface area contributed by atoms with Gasteiger partial charge in [0.25, 0.3) is 0 Å². The van der Waals surface area contributed by atoms with Gasteiger partial charge in [-0.15, -0.1) is 0 Å². The molecule has 1 fully saturated rings. The zero-order chi connectivity index (χ0) is 12.3. The van der Waals surface area contributed by atoms with Crippen molar-refractivity contribution in [2.24, 2.45) is 5.92 Å². The molecule has 1 saturated heterocycles. The summed E-state index contributed by atoms with van der Waals surface area (Å²) in [5.74, 6) is 0.479. The summed E-state index contributed by atoms with van der Waals surface area (Å²) in [5, 5.41) is 1.29. The lowest BCUT2D eigenvalue weighted by molar-refractivity contribution is 0.187. The number of alkyl halides is 1. The molecule has 0 radical (unpaired) electrons. The number of piperidine rings is 1. The molecule has 0 N–H and O–H groups in total. The van der Waals surface area contributed by atoms with Crippen LogP contribution in [0.3, 0.4) is 0 Å². The summed E-state index contributed by atoms with van der Waals surface area (Å²) >= 11 is 9.20. The summed E-state index contributed by atoms with van der Waals surface area (Å²) in [7, 11) is 0. The van der Waals surface area contributed by atoms with Gasteiger partial charge in [0, 0.05) is 11.9 Å². The fraction of sp³-hybridized carbons (Fsp3) is 0.538. The molecular formula is C13H16BrClFN. The second-order valence-corrected chi connectivity index (χ2v) is 5.68. The second-order valence-electron chi connectivity index (χ2n) is 4.62. The van der Waals surface area contributed by atoms with Gasteiger partial charge < -0.3 is 0 Å². The minimum atomic E-state index is -0.320. The Kier molecular flexibility index (Phi) is 4.83. The van der Waals surface area contributed by atoms with Crippen LogP contribution in [0.2, 0.25) is 5.02 Å². The van der Waals surface area contributed by atoms with Crippen molar-refractivity contribution in [3.8, 4) is 0 Å². The third-order valence-electron chi connectivity index (χ3n) is 3.32. The number of likely N-dealkylation sites (tertiary alicyclic amines) is 1. The van der Waals surface area contributed by atoms with Crippen molar-refractivity contribution in [1.82, 2.24) is 4.90 Å². The van der Waals surface area contributed by atoms with E-state index in [0.29, 0.717) is 0 Å². The molecule has 1 aliphatic rings. The Labute approximate surface area is 115 Å². The van der Waals surface area contributed by atoms with Gasteiger partial charge in [-0.05, 0) is 49.5 Å². The van der Waals surface area contributed by atoms with Crippen LogP contribution in [-0.2, 0) is 6.54 Å². The van der Waals surface area contributed by atoms with Gasteiger partial charge in [-0.25, -0.2) is 4.39 Å². The quantitative estimate of drug-likeness (QED) is 0.758. The molecule has 0 bridgehead atoms. The van der Waals surface area contributed by atoms with Gasteiger partial charge in [0.1, 0.15) is 5.82 Å². The Morgan fingerprint density at radius 1 is 1.35 bits per heavy atom. The number of hydrogen-bond donors (Lipinski definition) is 0. The summed E-state index contributed by atoms with van der Waals surface area (Å²) in [5.41, 5.74) is 1.00. The molecule has 1 aliphatic heterocycles. The topological polar surface area (TPSA) is 3.24 Å². The van der Waals surface area contributed by atoms with Crippen molar-refractivity contribution < 1.29 is 4.39 Å². The van der Waals surface area contributed by atoms with Crippen LogP contribution in [0.25, 0.3) is 0 Å². The number of halogens is 3. The molecule has 2 rings (SSSR count). The van der Waals surface area contributed by atoms with Crippen LogP contribution in [0.5, 0.6) is 0 Å². The van der Waals surface area contributed by atoms with Crippen LogP contribution in [0.15, 0.2) is 18.2 Å². The van der Waals surface area contributed by atoms with E-state index in [1.165, 1.54) is 12.8 Å². The molecule has 0 aromatic heterocycles. The van der Waals surface area contributed by atoms with Gasteiger partial charge in [-0.1, -0.05) is 33.6 Å². The molecule has 0 atom stereocenters. The van der Waals surface area contributed by atoms with Crippen LogP contribution in [-0.4, -0.2) is 23.3 Å². The van der Waals surface area contributed by atoms with Crippen molar-refractivity contribution in [2.75, 3.05) is 18.4 Å². The van der Waals surface area contributed by atoms with E-state index < -0.39 is 0 Å². The molecule has 0 unspecified atom stereocenters. The Bertz CT molecular complexity index is 378. The Morgan fingerprint density at radius 2 is 2.06 bits per heavy atom. The molecule has 1 heterocycles. The largest absolute Gasteiger partial charge is 0.299 e. The van der Waals surface area contributed by atoms with E-state index in [-0.39, 0.29) is 10.8 Å². The minimum absolute atomic E-state index is 0.201. The first kappa shape index (κ1) is 13.3. The SMILES string of the molecule is Fc1cc(CN2CCC(CBr)CC2)ccc1Cl. The fourth-order valence-electron chi connectivity index (χ4n) is 2.20. The predicted molar refractivity (Wildman–Crippen MR) is 73.2 cm³/mol. The molecule has 1 aromatic carbocycles. The average molecular weight is 321 g/mol. The van der Waals surface area contributed by atoms with E-state index in [4.69, 9.17) is 11.6 Å². The molecule has 94 valence electrons. The first-order chi connectivity index (χ1) is 8.19. The summed E-state index contributed by atoms with van der Waals surface area (Å²) in [4.78, 5) is 2.38. The molecule has 1 aromatic rings. The first-order valence-corrected chi connectivity index (χ1v) is 7.41. The molecular weight excluding hydrogens is 305 g/mol. The van der Waals surface area contributed by atoms with Crippen LogP contribution in [0, 0.1) is 11.7 Å². The minimum Gasteiger partial charge on any atom is -0.299 e. The molecule has 17 heavy (non-hydrogen) atoms. The fourth-order valence-corrected chi connectivity index (χ4v) is 2.96. The molecule has 0 aliphatic carbocycles. The molecule has 0 saturated carbocycles. The maximum Gasteiger partial charge on any atom is 0.142 e. The van der Waals surface area contributed by atoms with Crippen LogP contribution < -0.4 is 0 Å². The van der Waals surface area contributed by atoms with Crippen LogP contribution >= 0.6 is 27.5 Å². The first-order valence-electron chi connectivity index (χ1n) is 5.91. The van der Waals surface area contributed by atoms with Crippen LogP contribution in [0.1, 0.15) is 18.4 Å². The lowest BCUT2D eigenvalue weighted by atomic mass is 9.99. The zero-order valence-corrected chi connectivity index (χ0v) is 12.0. The predicted octanol–water partition coefficient (Wildman–Crippen LogP) is 4.09. The molecule has 0 amide bonds. The van der Waals surface area contributed by atoms with Gasteiger partial charge in [-0.2, -0.15) is 0 Å². The van der Waals surface area contributed by atoms with Gasteiger partial charge in [0.05, 0.1) is 5.02 Å². The van der Waals surface area contributed by atoms with Crippen molar-refractivity contribution in [1.29, 1.82) is 0 Å². The number of nitrogens with zero attached hydrogens (tertiary/aromatic N) is 1. The third kappa shape index (κ3) is 3.67. The van der Waals surface area contributed by atoms with Crippen molar-refractivity contribution in [3.05, 3.63) is 34.6 Å². The molecule has 1 nitrogen and oxygen atoms in total. The zero-order valence-electron chi connectivity index (χ0n) is 9.63. The molecule has 0 spiro atoms. The maximum atomic E-state index is 13.3. The van der Waals surface area contributed by atoms with Gasteiger partial charge in [0.2, 0.25) is 0 Å². The van der Waals surface area contributed by atoms with E-state index in [1.807, 2.05) is 6.07 Å². The highest BCUT2D eigenvalue weighted by molar-refractivity contribution is 9.09. The van der Waals surface area contributed by atoms with Gasteiger partial charge in [0.15, 0.2) is 0 Å². The third-order valence-corrected chi connectivity index (χ3v) is 4.54. The van der Waals surface area contributed by atoms with Crippen LogP contribution in [0.4, 0.5) is 4.39 Å². The lowest BCUT2D eigenvalue weighted by Crippen LogP contribution is -2.33. The van der Waals surface area contributed by atoms with E-state index in [0.717, 1.165) is 36.4 Å². The summed E-state index contributed by atoms with van der Waals surface area (Å²) in [6.45, 7) is 3.02. The van der Waals surface area contributed by atoms with Crippen molar-refractivity contribution in [2.45, 2.75) is 19.4 Å². The summed E-state index contributed by atoms with van der Waals surface area (Å²) < 4.78 is 13.3. The second kappa shape index (κ2) is 6.17. The van der Waals surface area contributed by atoms with Crippen molar-refractivity contribution >= 4 is 27.5 Å². The number of benzene rings is 1. The van der Waals surface area contributed by atoms with E-state index in [2.05, 4.69) is 20.8 Å². The highest BCUT2D eigenvalue weighted by atomic mass is 79.9. The Hall–Kier alpha value is -0.120. The highest BCUT2D eigenvalue weighted by Crippen LogP contribution is 2.22. The van der Waals surface area contributed by atoms with Gasteiger partial charge in [-0.3, -0.25) is 4.90 Å². The monoisotopic (exact) mass is 319 g/mol. The van der Waals surface area contributed by atoms with Gasteiger partial charge >= 0.3 is 0 Å². The summed E-state index contributed by atoms with van der Waals surface area (Å²) in [6, 6.07) is 5.08. The maximum absolute atomic E-state index is 13.3. The normalized spacial score (nSPS) is 18.5. The standard InChI is InChI=1S/C13H16BrClFN/c14-8-10-3-5-17(6-4-10)9-11-1-2-12(15)13(16)7-11/h1-2,7,10H,3-6,8-9H2. The average Bonchev–Trinajstić information content (AvgIpc) is 2.35. The Morgan fingerprint density at radius 3 is 2.65 bits per heavy atom. The van der Waals surface area contributed by atoms with E-state index in [1.54, 1.807) is 12.1 Å². The summed E-state index contributed by atoms with van der Waals surface area (Å²) in [6.07, 6.45) is 2.45. The number of rotatable bonds is 3. The lowest BCUT2D eigenvalue weighted by Gasteiger charge is -2.31.